The predicted octanol–water partition coefficient (Wildman–Crippen LogP) is 8.55. The number of benzene rings is 7. The van der Waals surface area contributed by atoms with E-state index >= 15 is 0 Å². The Morgan fingerprint density at radius 2 is 0.780 bits per heavy atom. The van der Waals surface area contributed by atoms with Crippen molar-refractivity contribution < 1.29 is 25.2 Å². The molecule has 50 heavy (non-hydrogen) atoms. The molecule has 0 unspecified atom stereocenters. The van der Waals surface area contributed by atoms with Gasteiger partial charge in [0.05, 0.1) is 0 Å². The number of hydrogen-bond acceptors (Lipinski definition) is 1. The van der Waals surface area contributed by atoms with E-state index in [1.165, 1.54) is 37.4 Å². The van der Waals surface area contributed by atoms with Crippen LogP contribution in [0.1, 0.15) is 22.8 Å². The molecule has 0 bridgehead atoms. The van der Waals surface area contributed by atoms with E-state index in [0.29, 0.717) is 0 Å². The number of hydrogen-bond donors (Lipinski definition) is 0. The molecular weight excluding hydrogens is 737 g/mol. The fourth-order valence-corrected chi connectivity index (χ4v) is 11.5. The molecule has 0 saturated heterocycles. The molecule has 0 saturated carbocycles. The fraction of sp³-hybridized carbons (Fsp3) is 0.0435. The van der Waals surface area contributed by atoms with Crippen LogP contribution in [-0.4, -0.2) is 5.78 Å². The van der Waals surface area contributed by atoms with Crippen molar-refractivity contribution in [2.75, 3.05) is 0 Å². The van der Waals surface area contributed by atoms with Crippen LogP contribution in [0.4, 0.5) is 0 Å². The van der Waals surface area contributed by atoms with Gasteiger partial charge in [0.15, 0.2) is 0 Å². The number of rotatable bonds is 8. The Morgan fingerprint density at radius 1 is 0.460 bits per heavy atom. The van der Waals surface area contributed by atoms with Gasteiger partial charge in [-0.1, -0.05) is 110 Å². The second-order valence-corrected chi connectivity index (χ2v) is 16.2. The monoisotopic (exact) mass is 778 g/mol. The summed E-state index contributed by atoms with van der Waals surface area (Å²) in [5.41, 5.74) is 1.95. The third-order valence-corrected chi connectivity index (χ3v) is 13.7. The second-order valence-electron chi connectivity index (χ2n) is 11.3. The molecule has 7 rings (SSSR count). The summed E-state index contributed by atoms with van der Waals surface area (Å²) in [6, 6.07) is 73.6. The number of aryl methyl sites for hydroxylation is 1. The molecular formula is C46H42OP2Pd+2. The topological polar surface area (TPSA) is 17.1 Å². The summed E-state index contributed by atoms with van der Waals surface area (Å²) in [6.07, 6.45) is 1.56. The van der Waals surface area contributed by atoms with Crippen molar-refractivity contribution in [2.24, 2.45) is 0 Å². The van der Waals surface area contributed by atoms with Gasteiger partial charge in [0.1, 0.15) is 47.7 Å². The molecule has 250 valence electrons. The minimum atomic E-state index is -1.14. The quantitative estimate of drug-likeness (QED) is 0.0655. The van der Waals surface area contributed by atoms with Crippen molar-refractivity contribution in [2.45, 2.75) is 13.8 Å². The molecule has 0 spiro atoms. The van der Waals surface area contributed by atoms with E-state index in [0.717, 1.165) is 5.56 Å². The molecule has 0 radical (unpaired) electrons. The molecule has 0 aliphatic heterocycles. The molecule has 0 aromatic heterocycles. The predicted molar refractivity (Wildman–Crippen MR) is 217 cm³/mol. The number of carbonyl (C=O) groups excluding carboxylic acids is 1. The SMILES string of the molecule is C[CH-]C(=O)c1ccccc1.Cc1[c-]cccc1.[Pd+2].c1ccc([PH+](c2ccccc2)c2ccccc2[PH+](c2ccccc2)c2ccccc2)cc1. The first-order valence-corrected chi connectivity index (χ1v) is 19.5. The van der Waals surface area contributed by atoms with Gasteiger partial charge in [0, 0.05) is 5.78 Å². The van der Waals surface area contributed by atoms with Crippen molar-refractivity contribution >= 4 is 53.5 Å². The minimum Gasteiger partial charge on any atom is -0.332 e. The van der Waals surface area contributed by atoms with Crippen molar-refractivity contribution in [3.05, 3.63) is 224 Å². The molecule has 0 aliphatic rings. The van der Waals surface area contributed by atoms with Gasteiger partial charge >= 0.3 is 20.4 Å². The van der Waals surface area contributed by atoms with Crippen LogP contribution in [0, 0.1) is 19.4 Å². The van der Waals surface area contributed by atoms with E-state index in [1.807, 2.05) is 61.5 Å². The molecule has 0 amide bonds. The molecule has 4 heteroatoms. The van der Waals surface area contributed by atoms with Crippen LogP contribution in [0.3, 0.4) is 0 Å². The number of carbonyl (C=O) groups is 1. The Kier molecular flexibility index (Phi) is 16.1. The first-order chi connectivity index (χ1) is 24.2. The zero-order chi connectivity index (χ0) is 34.1. The zero-order valence-corrected chi connectivity index (χ0v) is 31.9. The molecule has 0 atom stereocenters. The van der Waals surface area contributed by atoms with E-state index in [9.17, 15) is 4.79 Å². The van der Waals surface area contributed by atoms with Gasteiger partial charge in [0.25, 0.3) is 0 Å². The van der Waals surface area contributed by atoms with Crippen LogP contribution in [0.15, 0.2) is 200 Å². The maximum Gasteiger partial charge on any atom is 2.00 e. The minimum absolute atomic E-state index is 0. The van der Waals surface area contributed by atoms with E-state index in [-0.39, 0.29) is 26.2 Å². The smallest absolute Gasteiger partial charge is 0.332 e. The standard InChI is InChI=1S/C30H24P2.C9H9O.C7H7.Pd/c1-5-15-25(16-6-1)31(26-17-7-2-8-18-26)29-23-13-14-24-30(29)32(27-19-9-3-10-20-27)28-21-11-4-12-22-28;1-2-9(10)8-6-4-3-5-7-8;1-7-5-3-2-4-6-7;/h1-24H;2-7H,1H3;2-5H,1H3;/q;2*-1;+2/p+2. The molecule has 0 fully saturated rings. The van der Waals surface area contributed by atoms with Gasteiger partial charge in [-0.2, -0.15) is 42.3 Å². The van der Waals surface area contributed by atoms with Crippen LogP contribution in [-0.2, 0) is 20.4 Å². The Hall–Kier alpha value is -4.40. The Balaban J connectivity index is 0.000000256. The van der Waals surface area contributed by atoms with Gasteiger partial charge in [-0.3, -0.25) is 0 Å². The maximum atomic E-state index is 11.0. The average molecular weight is 779 g/mol. The molecule has 0 aliphatic carbocycles. The van der Waals surface area contributed by atoms with E-state index in [4.69, 9.17) is 0 Å². The third kappa shape index (κ3) is 11.1. The molecule has 1 nitrogen and oxygen atoms in total. The van der Waals surface area contributed by atoms with Gasteiger partial charge < -0.3 is 4.79 Å². The van der Waals surface area contributed by atoms with Crippen molar-refractivity contribution in [3.8, 4) is 0 Å². The maximum absolute atomic E-state index is 11.0. The Labute approximate surface area is 314 Å². The van der Waals surface area contributed by atoms with Crippen LogP contribution in [0.25, 0.3) is 0 Å². The summed E-state index contributed by atoms with van der Waals surface area (Å²) < 4.78 is 0. The van der Waals surface area contributed by atoms with Crippen molar-refractivity contribution in [1.82, 2.24) is 0 Å². The summed E-state index contributed by atoms with van der Waals surface area (Å²) in [5.74, 6) is 0.0839. The molecule has 7 aromatic carbocycles. The molecule has 0 heterocycles. The average Bonchev–Trinajstić information content (AvgIpc) is 3.18. The molecule has 7 aromatic rings. The summed E-state index contributed by atoms with van der Waals surface area (Å²) in [7, 11) is -2.28. The van der Waals surface area contributed by atoms with E-state index in [1.54, 1.807) is 13.3 Å². The largest absolute Gasteiger partial charge is 2.00 e. The van der Waals surface area contributed by atoms with Gasteiger partial charge in [-0.25, -0.2) is 0 Å². The van der Waals surface area contributed by atoms with Crippen molar-refractivity contribution in [3.63, 3.8) is 0 Å². The summed E-state index contributed by atoms with van der Waals surface area (Å²) in [5, 5.41) is 8.71. The van der Waals surface area contributed by atoms with Crippen LogP contribution >= 0.6 is 15.8 Å². The fourth-order valence-electron chi connectivity index (χ4n) is 5.55. The second kappa shape index (κ2) is 21.0. The van der Waals surface area contributed by atoms with Crippen LogP contribution in [0.2, 0.25) is 0 Å². The molecule has 0 N–H and O–H groups in total. The normalized spacial score (nSPS) is 10.1. The van der Waals surface area contributed by atoms with Crippen LogP contribution in [0.5, 0.6) is 0 Å². The van der Waals surface area contributed by atoms with Crippen molar-refractivity contribution in [1.29, 1.82) is 0 Å². The summed E-state index contributed by atoms with van der Waals surface area (Å²) in [6.45, 7) is 3.77. The first kappa shape index (κ1) is 38.4. The van der Waals surface area contributed by atoms with E-state index < -0.39 is 15.8 Å². The third-order valence-electron chi connectivity index (χ3n) is 7.90. The summed E-state index contributed by atoms with van der Waals surface area (Å²) in [4.78, 5) is 11.0. The van der Waals surface area contributed by atoms with E-state index in [2.05, 4.69) is 152 Å². The summed E-state index contributed by atoms with van der Waals surface area (Å²) >= 11 is 0. The zero-order valence-electron chi connectivity index (χ0n) is 28.4. The number of ketones is 1. The first-order valence-electron chi connectivity index (χ1n) is 16.5. The Bertz CT molecular complexity index is 1770. The van der Waals surface area contributed by atoms with Gasteiger partial charge in [-0.05, 0) is 60.7 Å². The van der Waals surface area contributed by atoms with Gasteiger partial charge in [0.2, 0.25) is 0 Å². The van der Waals surface area contributed by atoms with Crippen LogP contribution < -0.4 is 31.8 Å². The Morgan fingerprint density at radius 3 is 1.06 bits per heavy atom. The number of Topliss-reactive ketones (excluding diaryl/α,β-unsaturated/α-hetero) is 1. The van der Waals surface area contributed by atoms with Gasteiger partial charge in [-0.15, -0.1) is 24.6 Å².